The molecule has 5 nitrogen and oxygen atoms in total. The van der Waals surface area contributed by atoms with Crippen LogP contribution in [0, 0.1) is 45.7 Å². The van der Waals surface area contributed by atoms with Gasteiger partial charge in [0, 0.05) is 36.9 Å². The Kier molecular flexibility index (Phi) is 10.5. The molecule has 0 aliphatic carbocycles. The third kappa shape index (κ3) is 7.82. The molecule has 271 valence electrons. The molecule has 0 unspecified atom stereocenters. The van der Waals surface area contributed by atoms with Crippen molar-refractivity contribution in [3.8, 4) is 28.3 Å². The molecular weight excluding hydrogens is 889 g/mol. The van der Waals surface area contributed by atoms with Crippen molar-refractivity contribution in [3.05, 3.63) is 137 Å². The van der Waals surface area contributed by atoms with Gasteiger partial charge in [-0.1, -0.05) is 40.8 Å². The Labute approximate surface area is 332 Å². The fourth-order valence-electron chi connectivity index (χ4n) is 7.01. The first kappa shape index (κ1) is 35.7. The van der Waals surface area contributed by atoms with Crippen molar-refractivity contribution in [3.63, 3.8) is 0 Å². The minimum atomic E-state index is -2.20. The van der Waals surface area contributed by atoms with Crippen molar-refractivity contribution in [1.29, 1.82) is 0 Å². The largest absolute Gasteiger partial charge is 0 e. The third-order valence-corrected chi connectivity index (χ3v) is 13.4. The summed E-state index contributed by atoms with van der Waals surface area (Å²) in [5.74, 6) is 7.59. The van der Waals surface area contributed by atoms with Crippen molar-refractivity contribution in [2.24, 2.45) is 5.92 Å². The predicted octanol–water partition coefficient (Wildman–Crippen LogP) is 11.3. The van der Waals surface area contributed by atoms with Crippen LogP contribution < -0.4 is 4.40 Å². The number of furan rings is 1. The van der Waals surface area contributed by atoms with Gasteiger partial charge in [0.2, 0.25) is 5.71 Å². The molecule has 0 saturated carbocycles. The molecular formula is C46H46GeIrN4O-2. The topological polar surface area (TPSA) is 56.7 Å². The average Bonchev–Trinajstić information content (AvgIpc) is 3.69. The normalized spacial score (nSPS) is 12.4. The smallest absolute Gasteiger partial charge is 0 e. The van der Waals surface area contributed by atoms with Gasteiger partial charge in [0.1, 0.15) is 0 Å². The van der Waals surface area contributed by atoms with Crippen LogP contribution in [-0.2, 0) is 26.5 Å². The predicted molar refractivity (Wildman–Crippen MR) is 219 cm³/mol. The van der Waals surface area contributed by atoms with E-state index in [-0.39, 0.29) is 26.0 Å². The third-order valence-electron chi connectivity index (χ3n) is 9.22. The van der Waals surface area contributed by atoms with Crippen LogP contribution in [0.5, 0.6) is 0 Å². The molecule has 7 heteroatoms. The summed E-state index contributed by atoms with van der Waals surface area (Å²) in [7, 11) is 0. The van der Waals surface area contributed by atoms with Crippen LogP contribution in [0.1, 0.15) is 44.5 Å². The van der Waals surface area contributed by atoms with Crippen LogP contribution in [0.2, 0.25) is 17.3 Å². The van der Waals surface area contributed by atoms with Gasteiger partial charge in [-0.05, 0) is 63.1 Å². The summed E-state index contributed by atoms with van der Waals surface area (Å²) in [6, 6.07) is 37.0. The number of para-hydroxylation sites is 2. The number of pyridine rings is 2. The molecule has 4 heterocycles. The van der Waals surface area contributed by atoms with E-state index in [1.165, 1.54) is 16.7 Å². The van der Waals surface area contributed by atoms with Crippen molar-refractivity contribution in [1.82, 2.24) is 19.5 Å². The van der Waals surface area contributed by atoms with E-state index >= 15 is 0 Å². The van der Waals surface area contributed by atoms with Crippen LogP contribution in [-0.4, -0.2) is 32.8 Å². The molecule has 0 atom stereocenters. The standard InChI is InChI=1S/C28H22N3O.C18H24GeN.Ir/c1-16-14-17(2)25(18(3)15-16)31-24-11-6-5-10-23(24)30-27(31)22-9-7-8-20-21-13-12-19(4)29-28(21)32-26(20)22;1-14(2)11-16-12-18(15-9-7-6-8-10-15)20-13-17(16)19(3,4)5;/h5-8,10-15H,1-4H3;6-9,12-14H,11H2,1-5H3;/q2*-1;/i;11D2;. The maximum Gasteiger partial charge on any atom is 0 e. The molecule has 0 N–H and O–H groups in total. The quantitative estimate of drug-likeness (QED) is 0.123. The Balaban J connectivity index is 0.000000198. The summed E-state index contributed by atoms with van der Waals surface area (Å²) in [6.07, 6.45) is 0.562. The number of hydrogen-bond acceptors (Lipinski definition) is 4. The van der Waals surface area contributed by atoms with E-state index in [9.17, 15) is 0 Å². The zero-order valence-corrected chi connectivity index (χ0v) is 36.3. The summed E-state index contributed by atoms with van der Waals surface area (Å²) in [6.45, 7) is 12.3. The molecule has 1 radical (unpaired) electrons. The number of fused-ring (bicyclic) bond motifs is 4. The summed E-state index contributed by atoms with van der Waals surface area (Å²) in [4.78, 5) is 14.3. The molecule has 0 aliphatic rings. The minimum absolute atomic E-state index is 0. The fraction of sp³-hybridized carbons (Fsp3) is 0.239. The summed E-state index contributed by atoms with van der Waals surface area (Å²) in [5, 5.41) is 2.03. The molecule has 4 aromatic heterocycles. The summed E-state index contributed by atoms with van der Waals surface area (Å²) >= 11 is -2.20. The van der Waals surface area contributed by atoms with Gasteiger partial charge < -0.3 is 8.98 Å². The Bertz CT molecular complexity index is 2640. The first-order valence-electron chi connectivity index (χ1n) is 18.9. The molecule has 0 bridgehead atoms. The molecule has 0 spiro atoms. The van der Waals surface area contributed by atoms with Gasteiger partial charge in [0.25, 0.3) is 0 Å². The number of aryl methyl sites for hydroxylation is 4. The Hall–Kier alpha value is -4.36. The maximum atomic E-state index is 8.56. The number of nitrogens with zero attached hydrogens (tertiary/aromatic N) is 4. The van der Waals surface area contributed by atoms with Crippen molar-refractivity contribution >= 4 is 50.8 Å². The number of rotatable bonds is 6. The number of imidazole rings is 1. The second-order valence-corrected chi connectivity index (χ2v) is 25.5. The van der Waals surface area contributed by atoms with E-state index in [0.717, 1.165) is 71.4 Å². The van der Waals surface area contributed by atoms with Crippen LogP contribution in [0.3, 0.4) is 0 Å². The number of benzene rings is 4. The Morgan fingerprint density at radius 2 is 1.57 bits per heavy atom. The average molecular weight is 938 g/mol. The molecule has 0 amide bonds. The van der Waals surface area contributed by atoms with Crippen LogP contribution in [0.15, 0.2) is 102 Å². The maximum absolute atomic E-state index is 8.56. The monoisotopic (exact) mass is 939 g/mol. The van der Waals surface area contributed by atoms with Gasteiger partial charge in [-0.25, -0.2) is 4.98 Å². The molecule has 0 fully saturated rings. The molecule has 53 heavy (non-hydrogen) atoms. The van der Waals surface area contributed by atoms with Gasteiger partial charge >= 0.3 is 128 Å². The van der Waals surface area contributed by atoms with Gasteiger partial charge in [-0.3, -0.25) is 4.98 Å². The first-order valence-corrected chi connectivity index (χ1v) is 25.2. The molecule has 8 aromatic rings. The second-order valence-electron chi connectivity index (χ2n) is 15.0. The van der Waals surface area contributed by atoms with Crippen molar-refractivity contribution in [2.75, 3.05) is 0 Å². The molecule has 4 aromatic carbocycles. The molecule has 0 aliphatic heterocycles. The molecule has 8 rings (SSSR count). The number of aromatic nitrogens is 4. The zero-order valence-electron chi connectivity index (χ0n) is 33.8. The molecule has 0 saturated heterocycles. The second kappa shape index (κ2) is 15.5. The van der Waals surface area contributed by atoms with E-state index < -0.39 is 19.6 Å². The Morgan fingerprint density at radius 3 is 2.26 bits per heavy atom. The van der Waals surface area contributed by atoms with E-state index in [2.05, 4.69) is 101 Å². The van der Waals surface area contributed by atoms with E-state index in [1.807, 2.05) is 81.6 Å². The van der Waals surface area contributed by atoms with Gasteiger partial charge in [-0.2, -0.15) is 0 Å². The Morgan fingerprint density at radius 1 is 0.830 bits per heavy atom. The van der Waals surface area contributed by atoms with Gasteiger partial charge in [0.05, 0.1) is 22.4 Å². The van der Waals surface area contributed by atoms with Crippen LogP contribution in [0.25, 0.3) is 61.4 Å². The zero-order chi connectivity index (χ0) is 38.5. The van der Waals surface area contributed by atoms with Gasteiger partial charge in [-0.15, -0.1) is 18.2 Å². The van der Waals surface area contributed by atoms with E-state index in [4.69, 9.17) is 12.1 Å². The van der Waals surface area contributed by atoms with Gasteiger partial charge in [0.15, 0.2) is 0 Å². The van der Waals surface area contributed by atoms with E-state index in [1.54, 1.807) is 0 Å². The fourth-order valence-corrected chi connectivity index (χ4v) is 9.96. The summed E-state index contributed by atoms with van der Waals surface area (Å²) in [5.41, 5.74) is 12.5. The minimum Gasteiger partial charge on any atom is 0 e. The number of hydrogen-bond donors (Lipinski definition) is 0. The van der Waals surface area contributed by atoms with Crippen LogP contribution in [0.4, 0.5) is 0 Å². The van der Waals surface area contributed by atoms with Crippen LogP contribution >= 0.6 is 0 Å². The van der Waals surface area contributed by atoms with E-state index in [0.29, 0.717) is 5.71 Å². The first-order chi connectivity index (χ1) is 25.6. The SMILES string of the molecule is Cc1cc(C)c(-n2c(-c3[c-]ccc4c3oc3nc(C)ccc34)nc3ccccc32)c(C)c1.[2H]C([2H])(c1cc(-c2[c-]cccc2)nc[c]1[Ge]([CH3])([CH3])[CH3])C(C)C.[Ir]. The van der Waals surface area contributed by atoms with Crippen molar-refractivity contribution < 1.29 is 27.3 Å². The van der Waals surface area contributed by atoms with Crippen molar-refractivity contribution in [2.45, 2.75) is 65.2 Å². The summed E-state index contributed by atoms with van der Waals surface area (Å²) < 4.78 is 26.8.